The van der Waals surface area contributed by atoms with Crippen LogP contribution in [0.4, 0.5) is 0 Å². The lowest BCUT2D eigenvalue weighted by atomic mass is 10.1. The number of Topliss-reactive ketones (excluding diaryl/α,β-unsaturated/α-hetero) is 1. The number of esters is 1. The summed E-state index contributed by atoms with van der Waals surface area (Å²) in [5.74, 6) is -0.485. The molecule has 0 rings (SSSR count). The Kier molecular flexibility index (Phi) is 7.80. The van der Waals surface area contributed by atoms with Gasteiger partial charge in [-0.2, -0.15) is 0 Å². The highest BCUT2D eigenvalue weighted by atomic mass is 16.5. The van der Waals surface area contributed by atoms with Crippen LogP contribution in [0.3, 0.4) is 0 Å². The third kappa shape index (κ3) is 7.53. The van der Waals surface area contributed by atoms with Crippen molar-refractivity contribution < 1.29 is 14.3 Å². The zero-order valence-corrected chi connectivity index (χ0v) is 8.91. The quantitative estimate of drug-likeness (QED) is 0.273. The Hall–Kier alpha value is -1.12. The summed E-state index contributed by atoms with van der Waals surface area (Å²) in [7, 11) is 1.29. The minimum absolute atomic E-state index is 0.0400. The van der Waals surface area contributed by atoms with E-state index in [1.165, 1.54) is 7.11 Å². The van der Waals surface area contributed by atoms with Gasteiger partial charge in [0.25, 0.3) is 0 Å². The predicted molar refractivity (Wildman–Crippen MR) is 54.9 cm³/mol. The van der Waals surface area contributed by atoms with Crippen molar-refractivity contribution in [3.05, 3.63) is 12.2 Å². The fourth-order valence-electron chi connectivity index (χ4n) is 1.02. The van der Waals surface area contributed by atoms with Gasteiger partial charge in [-0.25, -0.2) is 0 Å². The number of ether oxygens (including phenoxy) is 1. The van der Waals surface area contributed by atoms with Gasteiger partial charge >= 0.3 is 5.97 Å². The Morgan fingerprint density at radius 1 is 1.29 bits per heavy atom. The lowest BCUT2D eigenvalue weighted by Gasteiger charge is -1.97. The molecule has 14 heavy (non-hydrogen) atoms. The average molecular weight is 198 g/mol. The Labute approximate surface area is 85.1 Å². The van der Waals surface area contributed by atoms with Gasteiger partial charge in [-0.1, -0.05) is 19.1 Å². The zero-order valence-electron chi connectivity index (χ0n) is 8.91. The maximum absolute atomic E-state index is 11.1. The van der Waals surface area contributed by atoms with Crippen molar-refractivity contribution in [2.75, 3.05) is 7.11 Å². The van der Waals surface area contributed by atoms with Gasteiger partial charge in [0.15, 0.2) is 0 Å². The van der Waals surface area contributed by atoms with E-state index in [4.69, 9.17) is 0 Å². The summed E-state index contributed by atoms with van der Waals surface area (Å²) in [4.78, 5) is 21.8. The molecule has 0 saturated carbocycles. The Morgan fingerprint density at radius 2 is 2.00 bits per heavy atom. The number of hydrogen-bond acceptors (Lipinski definition) is 3. The minimum atomic E-state index is -0.445. The third-order valence-electron chi connectivity index (χ3n) is 1.80. The maximum Gasteiger partial charge on any atom is 0.313 e. The fourth-order valence-corrected chi connectivity index (χ4v) is 1.02. The predicted octanol–water partition coefficient (Wildman–Crippen LogP) is 2.26. The van der Waals surface area contributed by atoms with E-state index >= 15 is 0 Å². The summed E-state index contributed by atoms with van der Waals surface area (Å²) in [5.41, 5.74) is 0. The highest BCUT2D eigenvalue weighted by molar-refractivity contribution is 5.95. The number of ketones is 1. The first-order valence-electron chi connectivity index (χ1n) is 4.94. The number of carbonyl (C=O) groups excluding carboxylic acids is 2. The summed E-state index contributed by atoms with van der Waals surface area (Å²) in [5, 5.41) is 0. The molecule has 0 amide bonds. The van der Waals surface area contributed by atoms with Crippen LogP contribution in [0.2, 0.25) is 0 Å². The molecule has 0 radical (unpaired) electrons. The van der Waals surface area contributed by atoms with Crippen LogP contribution in [0, 0.1) is 0 Å². The molecule has 3 heteroatoms. The van der Waals surface area contributed by atoms with Crippen molar-refractivity contribution in [1.82, 2.24) is 0 Å². The second kappa shape index (κ2) is 8.48. The largest absolute Gasteiger partial charge is 0.469 e. The van der Waals surface area contributed by atoms with Crippen LogP contribution in [0.5, 0.6) is 0 Å². The van der Waals surface area contributed by atoms with Gasteiger partial charge in [-0.05, 0) is 19.3 Å². The SMILES string of the molecule is CC/C=C\CCCC(=O)CC(=O)OC. The van der Waals surface area contributed by atoms with Crippen molar-refractivity contribution in [3.8, 4) is 0 Å². The third-order valence-corrected chi connectivity index (χ3v) is 1.80. The molecule has 0 aromatic carbocycles. The summed E-state index contributed by atoms with van der Waals surface area (Å²) in [6, 6.07) is 0. The number of hydrogen-bond donors (Lipinski definition) is 0. The Bertz CT molecular complexity index is 207. The van der Waals surface area contributed by atoms with Gasteiger partial charge in [-0.3, -0.25) is 9.59 Å². The molecule has 0 aliphatic carbocycles. The molecule has 80 valence electrons. The highest BCUT2D eigenvalue weighted by Crippen LogP contribution is 2.01. The van der Waals surface area contributed by atoms with Crippen molar-refractivity contribution in [1.29, 1.82) is 0 Å². The van der Waals surface area contributed by atoms with E-state index in [-0.39, 0.29) is 12.2 Å². The lowest BCUT2D eigenvalue weighted by Crippen LogP contribution is -2.08. The van der Waals surface area contributed by atoms with Gasteiger partial charge in [0.05, 0.1) is 7.11 Å². The summed E-state index contributed by atoms with van der Waals surface area (Å²) >= 11 is 0. The highest BCUT2D eigenvalue weighted by Gasteiger charge is 2.07. The molecule has 0 heterocycles. The number of rotatable bonds is 7. The smallest absolute Gasteiger partial charge is 0.313 e. The Balaban J connectivity index is 3.45. The molecule has 0 aliphatic heterocycles. The van der Waals surface area contributed by atoms with Crippen molar-refractivity contribution in [2.24, 2.45) is 0 Å². The lowest BCUT2D eigenvalue weighted by molar-refractivity contribution is -0.143. The standard InChI is InChI=1S/C11H18O3/c1-3-4-5-6-7-8-10(12)9-11(13)14-2/h4-5H,3,6-9H2,1-2H3/b5-4-. The van der Waals surface area contributed by atoms with Gasteiger partial charge < -0.3 is 4.74 Å². The van der Waals surface area contributed by atoms with Gasteiger partial charge in [0.1, 0.15) is 12.2 Å². The summed E-state index contributed by atoms with van der Waals surface area (Å²) in [6.07, 6.45) is 7.25. The van der Waals surface area contributed by atoms with E-state index in [0.29, 0.717) is 6.42 Å². The normalized spacial score (nSPS) is 10.4. The molecule has 0 N–H and O–H groups in total. The van der Waals surface area contributed by atoms with E-state index in [1.807, 2.05) is 0 Å². The van der Waals surface area contributed by atoms with Crippen LogP contribution in [0.1, 0.15) is 39.0 Å². The maximum atomic E-state index is 11.1. The van der Waals surface area contributed by atoms with E-state index < -0.39 is 5.97 Å². The first-order chi connectivity index (χ1) is 6.70. The van der Waals surface area contributed by atoms with Crippen LogP contribution < -0.4 is 0 Å². The van der Waals surface area contributed by atoms with Gasteiger partial charge in [-0.15, -0.1) is 0 Å². The second-order valence-corrected chi connectivity index (χ2v) is 3.06. The second-order valence-electron chi connectivity index (χ2n) is 3.06. The van der Waals surface area contributed by atoms with Crippen LogP contribution in [-0.4, -0.2) is 18.9 Å². The van der Waals surface area contributed by atoms with E-state index in [2.05, 4.69) is 23.8 Å². The molecule has 0 unspecified atom stereocenters. The zero-order chi connectivity index (χ0) is 10.8. The van der Waals surface area contributed by atoms with E-state index in [1.54, 1.807) is 0 Å². The Morgan fingerprint density at radius 3 is 2.57 bits per heavy atom. The number of carbonyl (C=O) groups is 2. The number of unbranched alkanes of at least 4 members (excludes halogenated alkanes) is 1. The average Bonchev–Trinajstić information content (AvgIpc) is 2.17. The first-order valence-corrected chi connectivity index (χ1v) is 4.94. The summed E-state index contributed by atoms with van der Waals surface area (Å²) < 4.78 is 4.39. The van der Waals surface area contributed by atoms with Gasteiger partial charge in [0.2, 0.25) is 0 Å². The molecular weight excluding hydrogens is 180 g/mol. The summed E-state index contributed by atoms with van der Waals surface area (Å²) in [6.45, 7) is 2.07. The van der Waals surface area contributed by atoms with Crippen molar-refractivity contribution in [3.63, 3.8) is 0 Å². The van der Waals surface area contributed by atoms with E-state index in [9.17, 15) is 9.59 Å². The fraction of sp³-hybridized carbons (Fsp3) is 0.636. The molecule has 0 saturated heterocycles. The molecular formula is C11H18O3. The molecule has 0 aliphatic rings. The monoisotopic (exact) mass is 198 g/mol. The molecule has 0 aromatic heterocycles. The molecule has 0 fully saturated rings. The molecule has 0 spiro atoms. The minimum Gasteiger partial charge on any atom is -0.469 e. The van der Waals surface area contributed by atoms with Crippen LogP contribution >= 0.6 is 0 Å². The van der Waals surface area contributed by atoms with E-state index in [0.717, 1.165) is 19.3 Å². The first kappa shape index (κ1) is 12.9. The number of methoxy groups -OCH3 is 1. The number of allylic oxidation sites excluding steroid dienone is 2. The topological polar surface area (TPSA) is 43.4 Å². The van der Waals surface area contributed by atoms with Gasteiger partial charge in [0, 0.05) is 6.42 Å². The van der Waals surface area contributed by atoms with Crippen LogP contribution in [0.25, 0.3) is 0 Å². The molecule has 0 atom stereocenters. The van der Waals surface area contributed by atoms with Crippen LogP contribution in [-0.2, 0) is 14.3 Å². The molecule has 3 nitrogen and oxygen atoms in total. The molecule has 0 aromatic rings. The molecule has 0 bridgehead atoms. The van der Waals surface area contributed by atoms with Crippen LogP contribution in [0.15, 0.2) is 12.2 Å². The van der Waals surface area contributed by atoms with Crippen molar-refractivity contribution in [2.45, 2.75) is 39.0 Å². The van der Waals surface area contributed by atoms with Crippen molar-refractivity contribution >= 4 is 11.8 Å².